The number of oxazole rings is 1. The van der Waals surface area contributed by atoms with Gasteiger partial charge in [0.15, 0.2) is 23.0 Å². The fourth-order valence-corrected chi connectivity index (χ4v) is 6.55. The quantitative estimate of drug-likeness (QED) is 0.239. The molecule has 0 spiro atoms. The minimum atomic E-state index is -0.356. The Morgan fingerprint density at radius 1 is 0.757 bits per heavy atom. The van der Waals surface area contributed by atoms with Gasteiger partial charge in [-0.3, -0.25) is 0 Å². The van der Waals surface area contributed by atoms with Crippen LogP contribution in [0, 0.1) is 6.92 Å². The summed E-state index contributed by atoms with van der Waals surface area (Å²) in [6.45, 7) is 9.12. The van der Waals surface area contributed by atoms with Crippen molar-refractivity contribution in [3.8, 4) is 0 Å². The number of para-hydroxylation sites is 5. The fraction of sp³-hybridized carbons (Fsp3) is 0.219. The third kappa shape index (κ3) is 2.94. The predicted molar refractivity (Wildman–Crippen MR) is 149 cm³/mol. The number of nitrogens with zero attached hydrogens (tertiary/aromatic N) is 3. The number of hydrogen-bond acceptors (Lipinski definition) is 4. The second-order valence-electron chi connectivity index (χ2n) is 10.6. The molecule has 7 rings (SSSR count). The van der Waals surface area contributed by atoms with Gasteiger partial charge in [0.2, 0.25) is 0 Å². The van der Waals surface area contributed by atoms with Crippen LogP contribution in [0.5, 0.6) is 0 Å². The standard InChI is InChI=1S/C32H30N3O2/c1-20-18-19-28-29(22-12-6-10-16-26(22)36-28)30(20)32(3,4)35-21(2)34(23-13-7-8-14-24(23)35)31-33(5)25-15-9-11-17-27(25)37-31/h6-19,21H,1-5H3/q+1/t21-/m1/s1. The Hall–Kier alpha value is -4.25. The SMILES string of the molecule is Cc1ccc2oc3ccccc3c2c1C(C)(C)N1c2ccccc2N(c2oc3ccccc3[n+]2C)[C@H]1C. The van der Waals surface area contributed by atoms with Crippen molar-refractivity contribution < 1.29 is 13.4 Å². The maximum absolute atomic E-state index is 6.46. The summed E-state index contributed by atoms with van der Waals surface area (Å²) in [5, 5.41) is 2.35. The van der Waals surface area contributed by atoms with Crippen molar-refractivity contribution >= 4 is 50.4 Å². The normalized spacial score (nSPS) is 15.9. The number of benzene rings is 4. The first kappa shape index (κ1) is 22.0. The molecule has 3 heterocycles. The van der Waals surface area contributed by atoms with E-state index in [1.165, 1.54) is 22.2 Å². The molecule has 0 N–H and O–H groups in total. The monoisotopic (exact) mass is 488 g/mol. The molecule has 5 heteroatoms. The van der Waals surface area contributed by atoms with Gasteiger partial charge in [-0.1, -0.05) is 48.5 Å². The van der Waals surface area contributed by atoms with Crippen LogP contribution in [-0.4, -0.2) is 6.17 Å². The number of aromatic nitrogens is 1. The molecule has 4 aromatic carbocycles. The smallest absolute Gasteiger partial charge is 0.456 e. The highest BCUT2D eigenvalue weighted by Crippen LogP contribution is 2.51. The summed E-state index contributed by atoms with van der Waals surface area (Å²) in [7, 11) is 2.08. The van der Waals surface area contributed by atoms with Crippen LogP contribution in [0.1, 0.15) is 31.9 Å². The zero-order valence-electron chi connectivity index (χ0n) is 21.8. The number of aryl methyl sites for hydroxylation is 2. The van der Waals surface area contributed by atoms with Crippen molar-refractivity contribution in [3.63, 3.8) is 0 Å². The fourth-order valence-electron chi connectivity index (χ4n) is 6.55. The van der Waals surface area contributed by atoms with E-state index in [-0.39, 0.29) is 11.7 Å². The lowest BCUT2D eigenvalue weighted by Gasteiger charge is -2.41. The first-order valence-corrected chi connectivity index (χ1v) is 12.8. The summed E-state index contributed by atoms with van der Waals surface area (Å²) < 4.78 is 14.9. The van der Waals surface area contributed by atoms with Gasteiger partial charge < -0.3 is 13.7 Å². The number of anilines is 3. The second-order valence-corrected chi connectivity index (χ2v) is 10.6. The molecule has 37 heavy (non-hydrogen) atoms. The molecule has 0 unspecified atom stereocenters. The lowest BCUT2D eigenvalue weighted by Crippen LogP contribution is -2.51. The summed E-state index contributed by atoms with van der Waals surface area (Å²) in [6.07, 6.45) is 0.00647. The molecule has 1 aliphatic rings. The topological polar surface area (TPSA) is 36.6 Å². The molecule has 5 nitrogen and oxygen atoms in total. The van der Waals surface area contributed by atoms with Crippen LogP contribution in [0.2, 0.25) is 0 Å². The summed E-state index contributed by atoms with van der Waals surface area (Å²) in [6, 6.07) is 30.3. The molecular formula is C32H30N3O2+. The van der Waals surface area contributed by atoms with Gasteiger partial charge in [0.25, 0.3) is 0 Å². The molecule has 0 saturated heterocycles. The van der Waals surface area contributed by atoms with E-state index < -0.39 is 0 Å². The molecular weight excluding hydrogens is 458 g/mol. The summed E-state index contributed by atoms with van der Waals surface area (Å²) >= 11 is 0. The molecule has 0 saturated carbocycles. The van der Waals surface area contributed by atoms with Crippen LogP contribution in [-0.2, 0) is 12.6 Å². The van der Waals surface area contributed by atoms with E-state index in [9.17, 15) is 0 Å². The largest absolute Gasteiger partial charge is 0.464 e. The minimum Gasteiger partial charge on any atom is -0.456 e. The molecule has 1 aliphatic heterocycles. The molecule has 6 aromatic rings. The van der Waals surface area contributed by atoms with Crippen LogP contribution in [0.25, 0.3) is 33.0 Å². The molecule has 0 radical (unpaired) electrons. The second kappa shape index (κ2) is 7.62. The lowest BCUT2D eigenvalue weighted by molar-refractivity contribution is -0.635. The molecule has 0 amide bonds. The van der Waals surface area contributed by atoms with Gasteiger partial charge in [0.1, 0.15) is 11.2 Å². The first-order valence-electron chi connectivity index (χ1n) is 12.8. The van der Waals surface area contributed by atoms with E-state index in [0.29, 0.717) is 0 Å². The first-order chi connectivity index (χ1) is 17.9. The van der Waals surface area contributed by atoms with E-state index in [1.54, 1.807) is 0 Å². The van der Waals surface area contributed by atoms with E-state index in [2.05, 4.69) is 116 Å². The minimum absolute atomic E-state index is 0.00647. The Balaban J connectivity index is 1.46. The third-order valence-corrected chi connectivity index (χ3v) is 8.03. The molecule has 2 aromatic heterocycles. The Bertz CT molecular complexity index is 1830. The highest BCUT2D eigenvalue weighted by molar-refractivity contribution is 6.08. The highest BCUT2D eigenvalue weighted by Gasteiger charge is 2.50. The van der Waals surface area contributed by atoms with Gasteiger partial charge in [0, 0.05) is 10.8 Å². The molecule has 0 aliphatic carbocycles. The van der Waals surface area contributed by atoms with Gasteiger partial charge >= 0.3 is 6.01 Å². The maximum Gasteiger partial charge on any atom is 0.464 e. The predicted octanol–water partition coefficient (Wildman–Crippen LogP) is 7.70. The van der Waals surface area contributed by atoms with Gasteiger partial charge in [-0.2, -0.15) is 9.47 Å². The van der Waals surface area contributed by atoms with Crippen molar-refractivity contribution in [1.29, 1.82) is 0 Å². The van der Waals surface area contributed by atoms with Crippen LogP contribution in [0.3, 0.4) is 0 Å². The van der Waals surface area contributed by atoms with E-state index in [0.717, 1.165) is 39.4 Å². The third-order valence-electron chi connectivity index (χ3n) is 8.03. The zero-order valence-corrected chi connectivity index (χ0v) is 21.8. The number of rotatable bonds is 3. The Kier molecular flexibility index (Phi) is 4.53. The molecule has 184 valence electrons. The molecule has 0 bridgehead atoms. The van der Waals surface area contributed by atoms with Gasteiger partial charge in [-0.25, -0.2) is 0 Å². The van der Waals surface area contributed by atoms with Crippen LogP contribution < -0.4 is 14.4 Å². The van der Waals surface area contributed by atoms with Gasteiger partial charge in [-0.15, -0.1) is 0 Å². The van der Waals surface area contributed by atoms with Crippen molar-refractivity contribution in [3.05, 3.63) is 96.1 Å². The summed E-state index contributed by atoms with van der Waals surface area (Å²) in [5.41, 5.74) is 8.31. The molecule has 1 atom stereocenters. The average molecular weight is 489 g/mol. The number of hydrogen-bond donors (Lipinski definition) is 0. The van der Waals surface area contributed by atoms with Crippen LogP contribution >= 0.6 is 0 Å². The van der Waals surface area contributed by atoms with E-state index in [1.807, 2.05) is 18.2 Å². The molecule has 0 fully saturated rings. The van der Waals surface area contributed by atoms with Gasteiger partial charge in [0.05, 0.1) is 18.3 Å². The Labute approximate surface area is 216 Å². The Morgan fingerprint density at radius 3 is 2.22 bits per heavy atom. The maximum atomic E-state index is 6.46. The van der Waals surface area contributed by atoms with Crippen molar-refractivity contribution in [1.82, 2.24) is 0 Å². The van der Waals surface area contributed by atoms with Crippen molar-refractivity contribution in [2.24, 2.45) is 7.05 Å². The van der Waals surface area contributed by atoms with E-state index in [4.69, 9.17) is 8.83 Å². The lowest BCUT2D eigenvalue weighted by atomic mass is 9.84. The zero-order chi connectivity index (χ0) is 25.5. The highest BCUT2D eigenvalue weighted by atomic mass is 16.4. The Morgan fingerprint density at radius 2 is 1.43 bits per heavy atom. The summed E-state index contributed by atoms with van der Waals surface area (Å²) in [5.74, 6) is 0. The average Bonchev–Trinajstić information content (AvgIpc) is 3.52. The number of fused-ring (bicyclic) bond motifs is 5. The van der Waals surface area contributed by atoms with Crippen molar-refractivity contribution in [2.75, 3.05) is 9.80 Å². The van der Waals surface area contributed by atoms with Gasteiger partial charge in [-0.05, 0) is 75.2 Å². The summed E-state index contributed by atoms with van der Waals surface area (Å²) in [4.78, 5) is 4.85. The van der Waals surface area contributed by atoms with Crippen molar-refractivity contribution in [2.45, 2.75) is 39.4 Å². The van der Waals surface area contributed by atoms with Crippen LogP contribution in [0.15, 0.2) is 93.8 Å². The van der Waals surface area contributed by atoms with E-state index >= 15 is 0 Å². The number of furan rings is 1. The van der Waals surface area contributed by atoms with Crippen LogP contribution in [0.4, 0.5) is 17.4 Å².